The Bertz CT molecular complexity index is 383. The lowest BCUT2D eigenvalue weighted by atomic mass is 9.96. The molecule has 0 aromatic heterocycles. The number of carbonyl (C=O) groups is 1. The van der Waals surface area contributed by atoms with Gasteiger partial charge in [0.25, 0.3) is 0 Å². The lowest BCUT2D eigenvalue weighted by Gasteiger charge is -2.30. The summed E-state index contributed by atoms with van der Waals surface area (Å²) in [6.07, 6.45) is 2.96. The molecule has 0 saturated carbocycles. The molecule has 3 nitrogen and oxygen atoms in total. The summed E-state index contributed by atoms with van der Waals surface area (Å²) in [6, 6.07) is 10.6. The van der Waals surface area contributed by atoms with Crippen LogP contribution in [0.4, 0.5) is 0 Å². The van der Waals surface area contributed by atoms with Crippen molar-refractivity contribution in [2.45, 2.75) is 26.2 Å². The molecule has 1 aliphatic rings. The Hall–Kier alpha value is -1.35. The van der Waals surface area contributed by atoms with Gasteiger partial charge in [0.05, 0.1) is 12.5 Å². The fraction of sp³-hybridized carbons (Fsp3) is 0.562. The average molecular weight is 261 g/mol. The van der Waals surface area contributed by atoms with Crippen molar-refractivity contribution in [3.05, 3.63) is 35.9 Å². The first-order valence-corrected chi connectivity index (χ1v) is 7.22. The van der Waals surface area contributed by atoms with E-state index in [9.17, 15) is 4.79 Å². The molecule has 3 heteroatoms. The Morgan fingerprint density at radius 2 is 1.95 bits per heavy atom. The first kappa shape index (κ1) is 14.1. The maximum atomic E-state index is 11.6. The average Bonchev–Trinajstić information content (AvgIpc) is 2.47. The van der Waals surface area contributed by atoms with Crippen LogP contribution in [0.2, 0.25) is 0 Å². The zero-order valence-corrected chi connectivity index (χ0v) is 11.7. The molecule has 1 aromatic rings. The minimum atomic E-state index is -0.00907. The van der Waals surface area contributed by atoms with Crippen molar-refractivity contribution in [1.29, 1.82) is 0 Å². The van der Waals surface area contributed by atoms with Crippen LogP contribution in [0.5, 0.6) is 0 Å². The molecule has 0 spiro atoms. The first-order chi connectivity index (χ1) is 9.29. The lowest BCUT2D eigenvalue weighted by molar-refractivity contribution is -0.149. The Morgan fingerprint density at radius 1 is 1.26 bits per heavy atom. The van der Waals surface area contributed by atoms with Gasteiger partial charge in [0.2, 0.25) is 0 Å². The zero-order chi connectivity index (χ0) is 13.5. The third kappa shape index (κ3) is 4.35. The summed E-state index contributed by atoms with van der Waals surface area (Å²) in [5.74, 6) is 0.109. The van der Waals surface area contributed by atoms with Crippen molar-refractivity contribution in [1.82, 2.24) is 4.90 Å². The summed E-state index contributed by atoms with van der Waals surface area (Å²) in [4.78, 5) is 14.1. The quantitative estimate of drug-likeness (QED) is 0.763. The standard InChI is InChI=1S/C16H23NO2/c1-2-19-16(18)15-9-12-17(13-10-15)11-8-14-6-4-3-5-7-14/h3-7,15H,2,8-13H2,1H3. The van der Waals surface area contributed by atoms with E-state index < -0.39 is 0 Å². The Balaban J connectivity index is 1.70. The molecule has 1 saturated heterocycles. The highest BCUT2D eigenvalue weighted by atomic mass is 16.5. The highest BCUT2D eigenvalue weighted by Crippen LogP contribution is 2.18. The molecule has 0 N–H and O–H groups in total. The van der Waals surface area contributed by atoms with Gasteiger partial charge in [0, 0.05) is 6.54 Å². The Kier molecular flexibility index (Phi) is 5.40. The number of benzene rings is 1. The number of ether oxygens (including phenoxy) is 1. The van der Waals surface area contributed by atoms with Crippen LogP contribution in [-0.2, 0) is 16.0 Å². The van der Waals surface area contributed by atoms with E-state index in [1.54, 1.807) is 0 Å². The number of hydrogen-bond donors (Lipinski definition) is 0. The third-order valence-electron chi connectivity index (χ3n) is 3.77. The SMILES string of the molecule is CCOC(=O)C1CCN(CCc2ccccc2)CC1. The van der Waals surface area contributed by atoms with Crippen molar-refractivity contribution in [3.63, 3.8) is 0 Å². The fourth-order valence-electron chi connectivity index (χ4n) is 2.58. The minimum absolute atomic E-state index is 0.00907. The van der Waals surface area contributed by atoms with Crippen LogP contribution >= 0.6 is 0 Å². The second-order valence-electron chi connectivity index (χ2n) is 5.10. The molecule has 0 bridgehead atoms. The molecule has 1 aromatic carbocycles. The molecule has 19 heavy (non-hydrogen) atoms. The number of rotatable bonds is 5. The molecule has 0 unspecified atom stereocenters. The normalized spacial score (nSPS) is 17.3. The highest BCUT2D eigenvalue weighted by molar-refractivity contribution is 5.72. The maximum absolute atomic E-state index is 11.6. The summed E-state index contributed by atoms with van der Waals surface area (Å²) in [5, 5.41) is 0. The summed E-state index contributed by atoms with van der Waals surface area (Å²) in [7, 11) is 0. The molecule has 1 aliphatic heterocycles. The maximum Gasteiger partial charge on any atom is 0.309 e. The van der Waals surface area contributed by atoms with Gasteiger partial charge in [-0.25, -0.2) is 0 Å². The van der Waals surface area contributed by atoms with Crippen molar-refractivity contribution >= 4 is 5.97 Å². The second kappa shape index (κ2) is 7.29. The van der Waals surface area contributed by atoms with Crippen molar-refractivity contribution in [2.24, 2.45) is 5.92 Å². The number of piperidine rings is 1. The van der Waals surface area contributed by atoms with Gasteiger partial charge in [-0.3, -0.25) is 4.79 Å². The van der Waals surface area contributed by atoms with Gasteiger partial charge in [-0.15, -0.1) is 0 Å². The van der Waals surface area contributed by atoms with Crippen LogP contribution in [0.15, 0.2) is 30.3 Å². The molecule has 1 heterocycles. The van der Waals surface area contributed by atoms with Crippen molar-refractivity contribution in [2.75, 3.05) is 26.2 Å². The molecule has 104 valence electrons. The summed E-state index contributed by atoms with van der Waals surface area (Å²) in [5.41, 5.74) is 1.38. The monoisotopic (exact) mass is 261 g/mol. The summed E-state index contributed by atoms with van der Waals surface area (Å²) >= 11 is 0. The van der Waals surface area contributed by atoms with Crippen molar-refractivity contribution in [3.8, 4) is 0 Å². The zero-order valence-electron chi connectivity index (χ0n) is 11.7. The molecule has 0 aliphatic carbocycles. The molecule has 1 fully saturated rings. The van der Waals surface area contributed by atoms with Gasteiger partial charge in [-0.05, 0) is 44.8 Å². The smallest absolute Gasteiger partial charge is 0.309 e. The van der Waals surface area contributed by atoms with Crippen molar-refractivity contribution < 1.29 is 9.53 Å². The van der Waals surface area contributed by atoms with Crippen LogP contribution in [-0.4, -0.2) is 37.1 Å². The minimum Gasteiger partial charge on any atom is -0.466 e. The van der Waals surface area contributed by atoms with Gasteiger partial charge in [0.1, 0.15) is 0 Å². The van der Waals surface area contributed by atoms with Gasteiger partial charge < -0.3 is 9.64 Å². The van der Waals surface area contributed by atoms with E-state index in [1.807, 2.05) is 13.0 Å². The van der Waals surface area contributed by atoms with Crippen LogP contribution in [0.1, 0.15) is 25.3 Å². The lowest BCUT2D eigenvalue weighted by Crippen LogP contribution is -2.38. The van der Waals surface area contributed by atoms with E-state index in [-0.39, 0.29) is 11.9 Å². The number of nitrogens with zero attached hydrogens (tertiary/aromatic N) is 1. The molecule has 2 rings (SSSR count). The van der Waals surface area contributed by atoms with E-state index in [1.165, 1.54) is 5.56 Å². The number of esters is 1. The number of carbonyl (C=O) groups excluding carboxylic acids is 1. The molecular formula is C16H23NO2. The van der Waals surface area contributed by atoms with Crippen LogP contribution in [0.25, 0.3) is 0 Å². The topological polar surface area (TPSA) is 29.5 Å². The van der Waals surface area contributed by atoms with Gasteiger partial charge >= 0.3 is 5.97 Å². The van der Waals surface area contributed by atoms with Crippen LogP contribution in [0.3, 0.4) is 0 Å². The molecule has 0 radical (unpaired) electrons. The Morgan fingerprint density at radius 3 is 2.58 bits per heavy atom. The highest BCUT2D eigenvalue weighted by Gasteiger charge is 2.25. The van der Waals surface area contributed by atoms with Crippen LogP contribution < -0.4 is 0 Å². The summed E-state index contributed by atoms with van der Waals surface area (Å²) < 4.78 is 5.09. The predicted molar refractivity (Wildman–Crippen MR) is 75.9 cm³/mol. The Labute approximate surface area is 115 Å². The molecule has 0 amide bonds. The van der Waals surface area contributed by atoms with E-state index in [4.69, 9.17) is 4.74 Å². The fourth-order valence-corrected chi connectivity index (χ4v) is 2.58. The van der Waals surface area contributed by atoms with E-state index >= 15 is 0 Å². The largest absolute Gasteiger partial charge is 0.466 e. The van der Waals surface area contributed by atoms with Gasteiger partial charge in [0.15, 0.2) is 0 Å². The predicted octanol–water partition coefficient (Wildman–Crippen LogP) is 2.50. The first-order valence-electron chi connectivity index (χ1n) is 7.22. The summed E-state index contributed by atoms with van der Waals surface area (Å²) in [6.45, 7) is 5.46. The van der Waals surface area contributed by atoms with E-state index in [0.717, 1.165) is 38.9 Å². The van der Waals surface area contributed by atoms with E-state index in [2.05, 4.69) is 29.2 Å². The van der Waals surface area contributed by atoms with E-state index in [0.29, 0.717) is 6.61 Å². The third-order valence-corrected chi connectivity index (χ3v) is 3.77. The number of likely N-dealkylation sites (tertiary alicyclic amines) is 1. The number of hydrogen-bond acceptors (Lipinski definition) is 3. The second-order valence-corrected chi connectivity index (χ2v) is 5.10. The van der Waals surface area contributed by atoms with Gasteiger partial charge in [-0.2, -0.15) is 0 Å². The van der Waals surface area contributed by atoms with Gasteiger partial charge in [-0.1, -0.05) is 30.3 Å². The van der Waals surface area contributed by atoms with Crippen LogP contribution in [0, 0.1) is 5.92 Å². The molecule has 0 atom stereocenters. The molecular weight excluding hydrogens is 238 g/mol.